The molecule has 6 nitrogen and oxygen atoms in total. The summed E-state index contributed by atoms with van der Waals surface area (Å²) in [5.74, 6) is 0. The Morgan fingerprint density at radius 2 is 1.90 bits per heavy atom. The molecule has 0 fully saturated rings. The third kappa shape index (κ3) is 3.16. The highest BCUT2D eigenvalue weighted by Crippen LogP contribution is 2.25. The molecule has 0 atom stereocenters. The van der Waals surface area contributed by atoms with Gasteiger partial charge in [0, 0.05) is 31.2 Å². The van der Waals surface area contributed by atoms with E-state index < -0.39 is 0 Å². The van der Waals surface area contributed by atoms with Crippen molar-refractivity contribution in [1.82, 2.24) is 19.5 Å². The molecule has 29 heavy (non-hydrogen) atoms. The summed E-state index contributed by atoms with van der Waals surface area (Å²) in [5.41, 5.74) is 5.37. The van der Waals surface area contributed by atoms with Crippen molar-refractivity contribution in [2.24, 2.45) is 0 Å². The quantitative estimate of drug-likeness (QED) is 0.584. The second-order valence-corrected chi connectivity index (χ2v) is 7.36. The minimum atomic E-state index is -0.0731. The Morgan fingerprint density at radius 1 is 1.10 bits per heavy atom. The van der Waals surface area contributed by atoms with Crippen LogP contribution in [0, 0.1) is 0 Å². The zero-order valence-corrected chi connectivity index (χ0v) is 16.2. The second-order valence-electron chi connectivity index (χ2n) is 7.36. The summed E-state index contributed by atoms with van der Waals surface area (Å²) in [4.78, 5) is 26.2. The van der Waals surface area contributed by atoms with Crippen molar-refractivity contribution in [1.29, 1.82) is 0 Å². The lowest BCUT2D eigenvalue weighted by Crippen LogP contribution is -2.20. The van der Waals surface area contributed by atoms with Crippen LogP contribution in [0.3, 0.4) is 0 Å². The smallest absolute Gasteiger partial charge is 0.200 e. The fourth-order valence-electron chi connectivity index (χ4n) is 4.11. The summed E-state index contributed by atoms with van der Waals surface area (Å²) in [6.45, 7) is 2.75. The Kier molecular flexibility index (Phi) is 4.31. The maximum Gasteiger partial charge on any atom is 0.200 e. The number of hydrogen-bond acceptors (Lipinski definition) is 5. The third-order valence-corrected chi connectivity index (χ3v) is 5.51. The zero-order valence-electron chi connectivity index (χ0n) is 16.2. The van der Waals surface area contributed by atoms with Crippen LogP contribution in [-0.2, 0) is 19.4 Å². The molecule has 0 amide bonds. The Bertz CT molecular complexity index is 1220. The summed E-state index contributed by atoms with van der Waals surface area (Å²) in [5, 5.41) is 4.16. The number of hydrogen-bond donors (Lipinski definition) is 1. The lowest BCUT2D eigenvalue weighted by molar-refractivity contribution is 0.769. The number of nitrogens with zero attached hydrogens (tertiary/aromatic N) is 4. The van der Waals surface area contributed by atoms with Crippen LogP contribution >= 0.6 is 0 Å². The van der Waals surface area contributed by atoms with Gasteiger partial charge < -0.3 is 9.88 Å². The maximum absolute atomic E-state index is 13.2. The molecule has 3 heterocycles. The van der Waals surface area contributed by atoms with Crippen LogP contribution in [0.15, 0.2) is 66.1 Å². The van der Waals surface area contributed by atoms with E-state index in [2.05, 4.69) is 44.5 Å². The van der Waals surface area contributed by atoms with E-state index in [9.17, 15) is 4.79 Å². The number of aromatic nitrogens is 4. The zero-order chi connectivity index (χ0) is 19.8. The fourth-order valence-corrected chi connectivity index (χ4v) is 4.11. The van der Waals surface area contributed by atoms with Gasteiger partial charge in [0.05, 0.1) is 34.7 Å². The number of aryl methyl sites for hydroxylation is 1. The Balaban J connectivity index is 1.54. The van der Waals surface area contributed by atoms with E-state index in [1.54, 1.807) is 18.6 Å². The molecular weight excluding hydrogens is 362 g/mol. The average Bonchev–Trinajstić information content (AvgIpc) is 3.17. The highest BCUT2D eigenvalue weighted by molar-refractivity contribution is 5.83. The van der Waals surface area contributed by atoms with Crippen molar-refractivity contribution in [3.8, 4) is 11.3 Å². The van der Waals surface area contributed by atoms with Crippen LogP contribution < -0.4 is 10.7 Å². The maximum atomic E-state index is 13.2. The first-order valence-corrected chi connectivity index (χ1v) is 9.86. The van der Waals surface area contributed by atoms with E-state index in [-0.39, 0.29) is 5.43 Å². The number of nitrogens with one attached hydrogen (secondary N) is 1. The first-order valence-electron chi connectivity index (χ1n) is 9.86. The number of rotatable bonds is 4. The van der Waals surface area contributed by atoms with Crippen molar-refractivity contribution in [2.45, 2.75) is 32.4 Å². The van der Waals surface area contributed by atoms with Crippen LogP contribution in [0.25, 0.3) is 22.3 Å². The van der Waals surface area contributed by atoms with Gasteiger partial charge in [0.1, 0.15) is 5.65 Å². The molecule has 0 saturated heterocycles. The molecular formula is C23H21N5O. The Morgan fingerprint density at radius 3 is 2.59 bits per heavy atom. The van der Waals surface area contributed by atoms with E-state index in [1.807, 2.05) is 30.0 Å². The van der Waals surface area contributed by atoms with Crippen molar-refractivity contribution < 1.29 is 0 Å². The molecule has 0 aliphatic heterocycles. The standard InChI is InChI=1S/C23H21N5O/c1-2-28-14-20(21-13-24-7-8-25-21)22(29)19-11-18(12-26-23(19)28)27-17-9-15-5-3-4-6-16(15)10-17/h3-8,11-14,17,27H,2,9-10H2,1H3. The van der Waals surface area contributed by atoms with E-state index in [0.717, 1.165) is 18.5 Å². The van der Waals surface area contributed by atoms with Gasteiger partial charge in [-0.15, -0.1) is 0 Å². The molecule has 0 saturated carbocycles. The van der Waals surface area contributed by atoms with Gasteiger partial charge in [0.25, 0.3) is 0 Å². The van der Waals surface area contributed by atoms with Crippen LogP contribution in [-0.4, -0.2) is 25.6 Å². The summed E-state index contributed by atoms with van der Waals surface area (Å²) in [6.07, 6.45) is 10.4. The van der Waals surface area contributed by atoms with E-state index >= 15 is 0 Å². The van der Waals surface area contributed by atoms with Gasteiger partial charge in [0.2, 0.25) is 5.43 Å². The molecule has 0 radical (unpaired) electrons. The molecule has 144 valence electrons. The summed E-state index contributed by atoms with van der Waals surface area (Å²) in [6, 6.07) is 10.8. The van der Waals surface area contributed by atoms with E-state index in [1.165, 1.54) is 11.1 Å². The lowest BCUT2D eigenvalue weighted by Gasteiger charge is -2.15. The van der Waals surface area contributed by atoms with E-state index in [0.29, 0.717) is 34.9 Å². The molecule has 1 aromatic carbocycles. The molecule has 3 aromatic heterocycles. The van der Waals surface area contributed by atoms with Crippen LogP contribution in [0.1, 0.15) is 18.1 Å². The van der Waals surface area contributed by atoms with Gasteiger partial charge in [-0.25, -0.2) is 4.98 Å². The number of pyridine rings is 2. The molecule has 0 bridgehead atoms. The van der Waals surface area contributed by atoms with Crippen molar-refractivity contribution in [3.63, 3.8) is 0 Å². The molecule has 0 unspecified atom stereocenters. The topological polar surface area (TPSA) is 72.7 Å². The van der Waals surface area contributed by atoms with E-state index in [4.69, 9.17) is 0 Å². The predicted molar refractivity (Wildman–Crippen MR) is 114 cm³/mol. The lowest BCUT2D eigenvalue weighted by atomic mass is 10.1. The van der Waals surface area contributed by atoms with Crippen LogP contribution in [0.2, 0.25) is 0 Å². The Hall–Kier alpha value is -3.54. The fraction of sp³-hybridized carbons (Fsp3) is 0.217. The van der Waals surface area contributed by atoms with Gasteiger partial charge >= 0.3 is 0 Å². The summed E-state index contributed by atoms with van der Waals surface area (Å²) in [7, 11) is 0. The van der Waals surface area contributed by atoms with Crippen molar-refractivity contribution >= 4 is 16.7 Å². The molecule has 0 spiro atoms. The first-order chi connectivity index (χ1) is 14.2. The highest BCUT2D eigenvalue weighted by Gasteiger charge is 2.21. The van der Waals surface area contributed by atoms with Crippen molar-refractivity contribution in [3.05, 3.63) is 82.7 Å². The van der Waals surface area contributed by atoms with Gasteiger partial charge in [0.15, 0.2) is 0 Å². The minimum absolute atomic E-state index is 0.0731. The Labute approximate surface area is 168 Å². The van der Waals surface area contributed by atoms with Gasteiger partial charge in [-0.1, -0.05) is 24.3 Å². The largest absolute Gasteiger partial charge is 0.380 e. The third-order valence-electron chi connectivity index (χ3n) is 5.51. The van der Waals surface area contributed by atoms with Gasteiger partial charge in [-0.05, 0) is 37.0 Å². The molecule has 6 heteroatoms. The number of anilines is 1. The number of fused-ring (bicyclic) bond motifs is 2. The molecule has 5 rings (SSSR count). The monoisotopic (exact) mass is 383 g/mol. The SMILES string of the molecule is CCn1cc(-c2cnccn2)c(=O)c2cc(NC3Cc4ccccc4C3)cnc21. The average molecular weight is 383 g/mol. The predicted octanol–water partition coefficient (Wildman–Crippen LogP) is 3.45. The summed E-state index contributed by atoms with van der Waals surface area (Å²) >= 11 is 0. The van der Waals surface area contributed by atoms with Gasteiger partial charge in [-0.2, -0.15) is 0 Å². The molecule has 1 N–H and O–H groups in total. The summed E-state index contributed by atoms with van der Waals surface area (Å²) < 4.78 is 1.98. The van der Waals surface area contributed by atoms with Gasteiger partial charge in [-0.3, -0.25) is 14.8 Å². The molecule has 1 aliphatic carbocycles. The first kappa shape index (κ1) is 17.6. The van der Waals surface area contributed by atoms with Crippen molar-refractivity contribution in [2.75, 3.05) is 5.32 Å². The second kappa shape index (κ2) is 7.13. The van der Waals surface area contributed by atoms with Crippen LogP contribution in [0.5, 0.6) is 0 Å². The van der Waals surface area contributed by atoms with Crippen LogP contribution in [0.4, 0.5) is 5.69 Å². The minimum Gasteiger partial charge on any atom is -0.380 e. The highest BCUT2D eigenvalue weighted by atomic mass is 16.1. The molecule has 1 aliphatic rings. The molecule has 4 aromatic rings. The normalized spacial score (nSPS) is 13.6. The number of benzene rings is 1.